The van der Waals surface area contributed by atoms with E-state index in [9.17, 15) is 19.5 Å². The number of aromatic nitrogens is 4. The molecule has 144 valence electrons. The van der Waals surface area contributed by atoms with E-state index in [1.165, 1.54) is 14.0 Å². The van der Waals surface area contributed by atoms with Crippen LogP contribution in [-0.4, -0.2) is 55.9 Å². The summed E-state index contributed by atoms with van der Waals surface area (Å²) in [6.07, 6.45) is 0. The molecule has 1 fully saturated rings. The van der Waals surface area contributed by atoms with Crippen LogP contribution in [0.3, 0.4) is 0 Å². The molecule has 0 radical (unpaired) electrons. The lowest BCUT2D eigenvalue weighted by atomic mass is 10.3. The molecule has 0 saturated carbocycles. The second-order valence-electron chi connectivity index (χ2n) is 6.36. The van der Waals surface area contributed by atoms with Crippen LogP contribution in [0.1, 0.15) is 19.9 Å². The Morgan fingerprint density at radius 3 is 2.59 bits per heavy atom. The van der Waals surface area contributed by atoms with Gasteiger partial charge in [0.2, 0.25) is 5.95 Å². The Kier molecular flexibility index (Phi) is 5.05. The van der Waals surface area contributed by atoms with Gasteiger partial charge in [-0.3, -0.25) is 18.5 Å². The van der Waals surface area contributed by atoms with Gasteiger partial charge in [-0.25, -0.2) is 9.59 Å². The zero-order valence-electron chi connectivity index (χ0n) is 15.5. The van der Waals surface area contributed by atoms with Crippen LogP contribution in [0.4, 0.5) is 5.95 Å². The van der Waals surface area contributed by atoms with Gasteiger partial charge in [-0.15, -0.1) is 5.92 Å². The largest absolute Gasteiger partial charge is 0.480 e. The van der Waals surface area contributed by atoms with Gasteiger partial charge >= 0.3 is 11.7 Å². The van der Waals surface area contributed by atoms with E-state index in [0.29, 0.717) is 19.0 Å². The quantitative estimate of drug-likeness (QED) is 0.658. The van der Waals surface area contributed by atoms with Crippen molar-refractivity contribution in [3.05, 3.63) is 20.8 Å². The fourth-order valence-electron chi connectivity index (χ4n) is 3.18. The molecule has 0 aromatic carbocycles. The van der Waals surface area contributed by atoms with Gasteiger partial charge in [-0.2, -0.15) is 4.98 Å². The van der Waals surface area contributed by atoms with Gasteiger partial charge in [0, 0.05) is 33.2 Å². The molecule has 1 atom stereocenters. The lowest BCUT2D eigenvalue weighted by molar-refractivity contribution is -0.140. The van der Waals surface area contributed by atoms with Crippen LogP contribution in [-0.2, 0) is 18.4 Å². The van der Waals surface area contributed by atoms with Crippen LogP contribution < -0.4 is 21.5 Å². The number of imidazole rings is 1. The minimum atomic E-state index is -1.18. The number of hydrogen-bond acceptors (Lipinski definition) is 6. The first-order valence-corrected chi connectivity index (χ1v) is 8.68. The van der Waals surface area contributed by atoms with E-state index in [-0.39, 0.29) is 17.7 Å². The lowest BCUT2D eigenvalue weighted by Crippen LogP contribution is -2.44. The number of anilines is 1. The fourth-order valence-corrected chi connectivity index (χ4v) is 3.18. The highest BCUT2D eigenvalue weighted by Crippen LogP contribution is 2.22. The van der Waals surface area contributed by atoms with Crippen LogP contribution in [0.2, 0.25) is 0 Å². The maximum absolute atomic E-state index is 12.8. The Hall–Kier alpha value is -3.06. The van der Waals surface area contributed by atoms with E-state index in [1.54, 1.807) is 11.5 Å². The van der Waals surface area contributed by atoms with E-state index in [2.05, 4.69) is 22.1 Å². The highest BCUT2D eigenvalue weighted by molar-refractivity contribution is 5.78. The molecule has 2 N–H and O–H groups in total. The van der Waals surface area contributed by atoms with Crippen LogP contribution in [0.15, 0.2) is 9.59 Å². The van der Waals surface area contributed by atoms with Crippen LogP contribution in [0, 0.1) is 11.8 Å². The Morgan fingerprint density at radius 2 is 2.00 bits per heavy atom. The van der Waals surface area contributed by atoms with Crippen molar-refractivity contribution < 1.29 is 9.90 Å². The number of piperazine rings is 1. The predicted octanol–water partition coefficient (Wildman–Crippen LogP) is -1.02. The second kappa shape index (κ2) is 7.28. The summed E-state index contributed by atoms with van der Waals surface area (Å²) < 4.78 is 3.64. The summed E-state index contributed by atoms with van der Waals surface area (Å²) in [7, 11) is 1.34. The summed E-state index contributed by atoms with van der Waals surface area (Å²) in [6, 6.07) is -1.16. The molecule has 3 rings (SSSR count). The molecule has 1 saturated heterocycles. The minimum Gasteiger partial charge on any atom is -0.480 e. The van der Waals surface area contributed by atoms with E-state index >= 15 is 0 Å². The first-order chi connectivity index (χ1) is 12.9. The molecule has 1 unspecified atom stereocenters. The average molecular weight is 374 g/mol. The van der Waals surface area contributed by atoms with E-state index in [4.69, 9.17) is 0 Å². The molecular formula is C17H22N6O4. The number of nitrogens with one attached hydrogen (secondary N) is 1. The molecule has 3 heterocycles. The summed E-state index contributed by atoms with van der Waals surface area (Å²) >= 11 is 0. The third-order valence-corrected chi connectivity index (χ3v) is 4.72. The third-order valence-electron chi connectivity index (χ3n) is 4.72. The summed E-state index contributed by atoms with van der Waals surface area (Å²) in [5.74, 6) is 5.07. The molecule has 27 heavy (non-hydrogen) atoms. The second-order valence-corrected chi connectivity index (χ2v) is 6.36. The van der Waals surface area contributed by atoms with Crippen molar-refractivity contribution >= 4 is 23.1 Å². The van der Waals surface area contributed by atoms with Crippen molar-refractivity contribution in [1.29, 1.82) is 0 Å². The van der Waals surface area contributed by atoms with Crippen molar-refractivity contribution in [3.63, 3.8) is 0 Å². The van der Waals surface area contributed by atoms with Crippen molar-refractivity contribution in [1.82, 2.24) is 24.0 Å². The number of fused-ring (bicyclic) bond motifs is 1. The molecule has 2 aromatic rings. The van der Waals surface area contributed by atoms with Gasteiger partial charge < -0.3 is 15.3 Å². The smallest absolute Gasteiger partial charge is 0.333 e. The third kappa shape index (κ3) is 3.10. The molecule has 1 aliphatic rings. The first kappa shape index (κ1) is 18.7. The molecule has 0 spiro atoms. The van der Waals surface area contributed by atoms with Crippen LogP contribution >= 0.6 is 0 Å². The number of rotatable bonds is 4. The average Bonchev–Trinajstić information content (AvgIpc) is 3.04. The Balaban J connectivity index is 2.39. The Morgan fingerprint density at radius 1 is 1.33 bits per heavy atom. The van der Waals surface area contributed by atoms with Crippen LogP contribution in [0.25, 0.3) is 11.2 Å². The SMILES string of the molecule is CC#CCn1c(N2CCNCC2)nc2c1c(=O)n(C)c(=O)n2C(C)C(=O)O. The molecule has 10 heteroatoms. The van der Waals surface area contributed by atoms with Gasteiger partial charge in [0.25, 0.3) is 5.56 Å². The monoisotopic (exact) mass is 374 g/mol. The topological polar surface area (TPSA) is 114 Å². The summed E-state index contributed by atoms with van der Waals surface area (Å²) in [5, 5.41) is 12.7. The highest BCUT2D eigenvalue weighted by Gasteiger charge is 2.27. The van der Waals surface area contributed by atoms with Gasteiger partial charge in [0.1, 0.15) is 6.04 Å². The molecule has 0 amide bonds. The van der Waals surface area contributed by atoms with Crippen molar-refractivity contribution in [2.45, 2.75) is 26.4 Å². The number of aliphatic carboxylic acids is 1. The fraction of sp³-hybridized carbons (Fsp3) is 0.529. The van der Waals surface area contributed by atoms with Crippen molar-refractivity contribution in [2.24, 2.45) is 7.05 Å². The van der Waals surface area contributed by atoms with Crippen molar-refractivity contribution in [3.8, 4) is 11.8 Å². The summed E-state index contributed by atoms with van der Waals surface area (Å²) in [4.78, 5) is 43.5. The highest BCUT2D eigenvalue weighted by atomic mass is 16.4. The van der Waals surface area contributed by atoms with Gasteiger partial charge in [0.05, 0.1) is 6.54 Å². The zero-order chi connectivity index (χ0) is 19.7. The van der Waals surface area contributed by atoms with Crippen LogP contribution in [0.5, 0.6) is 0 Å². The molecule has 0 bridgehead atoms. The zero-order valence-corrected chi connectivity index (χ0v) is 15.5. The number of carboxylic acids is 1. The Labute approximate surface area is 155 Å². The van der Waals surface area contributed by atoms with Crippen molar-refractivity contribution in [2.75, 3.05) is 31.1 Å². The van der Waals surface area contributed by atoms with Gasteiger partial charge in [-0.05, 0) is 13.8 Å². The number of carboxylic acid groups (broad SMARTS) is 1. The molecule has 2 aromatic heterocycles. The maximum atomic E-state index is 12.8. The minimum absolute atomic E-state index is 0.0736. The molecule has 10 nitrogen and oxygen atoms in total. The maximum Gasteiger partial charge on any atom is 0.333 e. The summed E-state index contributed by atoms with van der Waals surface area (Å²) in [5.41, 5.74) is -0.970. The molecular weight excluding hydrogens is 352 g/mol. The van der Waals surface area contributed by atoms with E-state index < -0.39 is 23.3 Å². The number of nitrogens with zero attached hydrogens (tertiary/aromatic N) is 5. The lowest BCUT2D eigenvalue weighted by Gasteiger charge is -2.28. The van der Waals surface area contributed by atoms with E-state index in [1.807, 2.05) is 4.90 Å². The van der Waals surface area contributed by atoms with Gasteiger partial charge in [-0.1, -0.05) is 5.92 Å². The first-order valence-electron chi connectivity index (χ1n) is 8.68. The Bertz CT molecular complexity index is 1060. The standard InChI is InChI=1S/C17H22N6O4/c1-4-5-8-22-12-13(19-16(22)21-9-6-18-7-10-21)23(11(2)15(25)26)17(27)20(3)14(12)24/h11,18H,6-10H2,1-3H3,(H,25,26). The molecule has 0 aliphatic carbocycles. The number of carbonyl (C=O) groups is 1. The van der Waals surface area contributed by atoms with Gasteiger partial charge in [0.15, 0.2) is 11.2 Å². The normalized spacial score (nSPS) is 15.4. The molecule has 1 aliphatic heterocycles. The van der Waals surface area contributed by atoms with E-state index in [0.717, 1.165) is 22.2 Å². The summed E-state index contributed by atoms with van der Waals surface area (Å²) in [6.45, 7) is 6.20. The predicted molar refractivity (Wildman–Crippen MR) is 100 cm³/mol. The number of hydrogen-bond donors (Lipinski definition) is 2.